The van der Waals surface area contributed by atoms with Crippen molar-refractivity contribution in [2.45, 2.75) is 51.6 Å². The number of halogens is 1. The van der Waals surface area contributed by atoms with Gasteiger partial charge in [0.15, 0.2) is 0 Å². The van der Waals surface area contributed by atoms with Crippen LogP contribution in [0.3, 0.4) is 0 Å². The Morgan fingerprint density at radius 3 is 2.61 bits per heavy atom. The van der Waals surface area contributed by atoms with E-state index in [1.165, 1.54) is 17.1 Å². The molecule has 3 rings (SSSR count). The van der Waals surface area contributed by atoms with E-state index in [2.05, 4.69) is 26.6 Å². The van der Waals surface area contributed by atoms with Gasteiger partial charge in [0.25, 0.3) is 11.5 Å². The van der Waals surface area contributed by atoms with E-state index >= 15 is 0 Å². The molecule has 0 unspecified atom stereocenters. The van der Waals surface area contributed by atoms with Crippen LogP contribution in [-0.4, -0.2) is 22.4 Å². The standard InChI is InChI=1S/C21H24BrN3O3/c1-14-11-15(21(28)23-17-5-3-2-4-6-17)7-9-18(14)24-19(26)13-25-12-16(22)8-10-20(25)27/h7-12,17H,2-6,13H2,1H3,(H,23,28)(H,24,26). The second kappa shape index (κ2) is 9.19. The molecule has 2 amide bonds. The highest BCUT2D eigenvalue weighted by atomic mass is 79.9. The van der Waals surface area contributed by atoms with Gasteiger partial charge in [-0.25, -0.2) is 0 Å². The maximum absolute atomic E-state index is 12.5. The van der Waals surface area contributed by atoms with Crippen molar-refractivity contribution in [1.82, 2.24) is 9.88 Å². The maximum Gasteiger partial charge on any atom is 0.251 e. The van der Waals surface area contributed by atoms with Crippen LogP contribution in [0.15, 0.2) is 45.8 Å². The number of nitrogens with one attached hydrogen (secondary N) is 2. The summed E-state index contributed by atoms with van der Waals surface area (Å²) in [6.45, 7) is 1.76. The zero-order valence-corrected chi connectivity index (χ0v) is 17.4. The number of aryl methyl sites for hydroxylation is 1. The number of carbonyl (C=O) groups is 2. The molecule has 1 aromatic carbocycles. The Morgan fingerprint density at radius 1 is 1.14 bits per heavy atom. The van der Waals surface area contributed by atoms with Crippen LogP contribution in [0.1, 0.15) is 48.0 Å². The Hall–Kier alpha value is -2.41. The molecule has 1 aliphatic rings. The molecule has 0 spiro atoms. The molecule has 0 atom stereocenters. The van der Waals surface area contributed by atoms with Crippen molar-refractivity contribution in [3.05, 3.63) is 62.5 Å². The van der Waals surface area contributed by atoms with Gasteiger partial charge >= 0.3 is 0 Å². The number of hydrogen-bond donors (Lipinski definition) is 2. The lowest BCUT2D eigenvalue weighted by Gasteiger charge is -2.23. The summed E-state index contributed by atoms with van der Waals surface area (Å²) in [5.41, 5.74) is 1.77. The summed E-state index contributed by atoms with van der Waals surface area (Å²) in [6, 6.07) is 8.52. The van der Waals surface area contributed by atoms with E-state index in [0.29, 0.717) is 11.3 Å². The number of rotatable bonds is 5. The van der Waals surface area contributed by atoms with E-state index in [0.717, 1.165) is 35.7 Å². The van der Waals surface area contributed by atoms with Crippen LogP contribution in [0.5, 0.6) is 0 Å². The zero-order valence-electron chi connectivity index (χ0n) is 15.8. The van der Waals surface area contributed by atoms with E-state index in [-0.39, 0.29) is 30.0 Å². The van der Waals surface area contributed by atoms with E-state index in [1.807, 2.05) is 6.92 Å². The highest BCUT2D eigenvalue weighted by Crippen LogP contribution is 2.20. The molecule has 2 N–H and O–H groups in total. The van der Waals surface area contributed by atoms with Crippen LogP contribution in [0.2, 0.25) is 0 Å². The molecule has 1 aliphatic carbocycles. The Balaban J connectivity index is 1.63. The summed E-state index contributed by atoms with van der Waals surface area (Å²) >= 11 is 3.29. The second-order valence-electron chi connectivity index (χ2n) is 7.20. The van der Waals surface area contributed by atoms with Gasteiger partial charge in [0.05, 0.1) is 0 Å². The minimum atomic E-state index is -0.303. The van der Waals surface area contributed by atoms with Gasteiger partial charge in [-0.05, 0) is 65.5 Å². The number of pyridine rings is 1. The smallest absolute Gasteiger partial charge is 0.251 e. The molecule has 2 aromatic rings. The van der Waals surface area contributed by atoms with E-state index < -0.39 is 0 Å². The van der Waals surface area contributed by atoms with Crippen LogP contribution in [0.4, 0.5) is 5.69 Å². The number of carbonyl (C=O) groups excluding carboxylic acids is 2. The lowest BCUT2D eigenvalue weighted by atomic mass is 9.95. The predicted molar refractivity (Wildman–Crippen MR) is 113 cm³/mol. The van der Waals surface area contributed by atoms with Crippen LogP contribution in [-0.2, 0) is 11.3 Å². The maximum atomic E-state index is 12.5. The van der Waals surface area contributed by atoms with Gasteiger partial charge in [-0.15, -0.1) is 0 Å². The van der Waals surface area contributed by atoms with Crippen molar-refractivity contribution in [1.29, 1.82) is 0 Å². The molecule has 7 heteroatoms. The van der Waals surface area contributed by atoms with E-state index in [1.54, 1.807) is 30.5 Å². The zero-order chi connectivity index (χ0) is 20.1. The van der Waals surface area contributed by atoms with Crippen molar-refractivity contribution in [3.8, 4) is 0 Å². The first-order chi connectivity index (χ1) is 13.4. The molecule has 148 valence electrons. The van der Waals surface area contributed by atoms with Gasteiger partial charge in [0.1, 0.15) is 6.54 Å². The molecule has 1 fully saturated rings. The van der Waals surface area contributed by atoms with Crippen molar-refractivity contribution in [3.63, 3.8) is 0 Å². The molecule has 6 nitrogen and oxygen atoms in total. The highest BCUT2D eigenvalue weighted by molar-refractivity contribution is 9.10. The molecule has 0 radical (unpaired) electrons. The van der Waals surface area contributed by atoms with Crippen LogP contribution in [0.25, 0.3) is 0 Å². The molecule has 1 aromatic heterocycles. The number of hydrogen-bond acceptors (Lipinski definition) is 3. The largest absolute Gasteiger partial charge is 0.349 e. The van der Waals surface area contributed by atoms with Crippen molar-refractivity contribution in [2.24, 2.45) is 0 Å². The summed E-state index contributed by atoms with van der Waals surface area (Å²) in [4.78, 5) is 36.6. The second-order valence-corrected chi connectivity index (χ2v) is 8.12. The minimum Gasteiger partial charge on any atom is -0.349 e. The predicted octanol–water partition coefficient (Wildman–Crippen LogP) is 3.62. The molecule has 0 aliphatic heterocycles. The number of benzene rings is 1. The topological polar surface area (TPSA) is 80.2 Å². The van der Waals surface area contributed by atoms with Gasteiger partial charge in [-0.1, -0.05) is 19.3 Å². The minimum absolute atomic E-state index is 0.0754. The molecule has 28 heavy (non-hydrogen) atoms. The number of amides is 2. The molecule has 0 saturated heterocycles. The molecule has 0 bridgehead atoms. The molecule has 1 heterocycles. The van der Waals surface area contributed by atoms with Crippen molar-refractivity contribution in [2.75, 3.05) is 5.32 Å². The SMILES string of the molecule is Cc1cc(C(=O)NC2CCCCC2)ccc1NC(=O)Cn1cc(Br)ccc1=O. The fourth-order valence-electron chi connectivity index (χ4n) is 3.43. The van der Waals surface area contributed by atoms with E-state index in [9.17, 15) is 14.4 Å². The van der Waals surface area contributed by atoms with Gasteiger partial charge < -0.3 is 15.2 Å². The first-order valence-electron chi connectivity index (χ1n) is 9.50. The van der Waals surface area contributed by atoms with E-state index in [4.69, 9.17) is 0 Å². The quantitative estimate of drug-likeness (QED) is 0.737. The first-order valence-corrected chi connectivity index (χ1v) is 10.3. The highest BCUT2D eigenvalue weighted by Gasteiger charge is 2.17. The summed E-state index contributed by atoms with van der Waals surface area (Å²) < 4.78 is 2.06. The monoisotopic (exact) mass is 445 g/mol. The summed E-state index contributed by atoms with van der Waals surface area (Å²) in [5.74, 6) is -0.378. The summed E-state index contributed by atoms with van der Waals surface area (Å²) in [6.07, 6.45) is 7.22. The molecular weight excluding hydrogens is 422 g/mol. The third-order valence-corrected chi connectivity index (χ3v) is 5.43. The number of aromatic nitrogens is 1. The fourth-order valence-corrected chi connectivity index (χ4v) is 3.81. The third-order valence-electron chi connectivity index (χ3n) is 4.96. The first kappa shape index (κ1) is 20.3. The lowest BCUT2D eigenvalue weighted by Crippen LogP contribution is -2.36. The average molecular weight is 446 g/mol. The fraction of sp³-hybridized carbons (Fsp3) is 0.381. The normalized spacial score (nSPS) is 14.5. The van der Waals surface area contributed by atoms with Crippen LogP contribution in [0, 0.1) is 6.92 Å². The lowest BCUT2D eigenvalue weighted by molar-refractivity contribution is -0.116. The van der Waals surface area contributed by atoms with Gasteiger partial charge in [-0.2, -0.15) is 0 Å². The van der Waals surface area contributed by atoms with Gasteiger partial charge in [-0.3, -0.25) is 14.4 Å². The average Bonchev–Trinajstić information content (AvgIpc) is 2.67. The Labute approximate surface area is 172 Å². The van der Waals surface area contributed by atoms with Crippen molar-refractivity contribution < 1.29 is 9.59 Å². The molecule has 1 saturated carbocycles. The van der Waals surface area contributed by atoms with Gasteiger partial charge in [0.2, 0.25) is 5.91 Å². The Kier molecular flexibility index (Phi) is 6.67. The van der Waals surface area contributed by atoms with Gasteiger partial charge in [0, 0.05) is 34.0 Å². The summed E-state index contributed by atoms with van der Waals surface area (Å²) in [5, 5.41) is 5.91. The Bertz CT molecular complexity index is 933. The van der Waals surface area contributed by atoms with Crippen molar-refractivity contribution >= 4 is 33.4 Å². The van der Waals surface area contributed by atoms with Crippen LogP contribution < -0.4 is 16.2 Å². The number of anilines is 1. The molecular formula is C21H24BrN3O3. The Morgan fingerprint density at radius 2 is 1.89 bits per heavy atom. The summed E-state index contributed by atoms with van der Waals surface area (Å²) in [7, 11) is 0. The third kappa shape index (κ3) is 5.32. The number of nitrogens with zero attached hydrogens (tertiary/aromatic N) is 1. The van der Waals surface area contributed by atoms with Crippen LogP contribution >= 0.6 is 15.9 Å².